The fourth-order valence-corrected chi connectivity index (χ4v) is 2.47. The van der Waals surface area contributed by atoms with Gasteiger partial charge in [0, 0.05) is 16.5 Å². The maximum atomic E-state index is 13.5. The number of rotatable bonds is 4. The summed E-state index contributed by atoms with van der Waals surface area (Å²) in [5.74, 6) is -0.646. The minimum Gasteiger partial charge on any atom is -0.314 e. The van der Waals surface area contributed by atoms with E-state index in [2.05, 4.69) is 15.9 Å². The molecule has 6 heteroatoms. The molecule has 2 N–H and O–H groups in total. The molecular weight excluding hydrogens is 371 g/mol. The first-order valence-corrected chi connectivity index (χ1v) is 7.64. The zero-order valence-corrected chi connectivity index (χ0v) is 13.9. The third-order valence-electron chi connectivity index (χ3n) is 3.68. The largest absolute Gasteiger partial charge is 0.411 e. The van der Waals surface area contributed by atoms with E-state index >= 15 is 0 Å². The van der Waals surface area contributed by atoms with Gasteiger partial charge >= 0.3 is 6.18 Å². The second-order valence-corrected chi connectivity index (χ2v) is 6.36. The Morgan fingerprint density at radius 2 is 1.57 bits per heavy atom. The Hall–Kier alpha value is -1.66. The first-order valence-electron chi connectivity index (χ1n) is 6.85. The normalized spacial score (nSPS) is 14.3. The summed E-state index contributed by atoms with van der Waals surface area (Å²) in [6.45, 7) is 1.83. The van der Waals surface area contributed by atoms with E-state index in [1.807, 2.05) is 6.92 Å². The number of benzene rings is 2. The van der Waals surface area contributed by atoms with Gasteiger partial charge in [0.15, 0.2) is 5.78 Å². The average molecular weight is 386 g/mol. The first-order chi connectivity index (χ1) is 10.6. The van der Waals surface area contributed by atoms with Crippen molar-refractivity contribution in [1.29, 1.82) is 0 Å². The summed E-state index contributed by atoms with van der Waals surface area (Å²) in [5, 5.41) is 0. The number of ketones is 1. The Balaban J connectivity index is 2.38. The van der Waals surface area contributed by atoms with Crippen LogP contribution in [0.3, 0.4) is 0 Å². The molecule has 122 valence electrons. The molecule has 0 radical (unpaired) electrons. The van der Waals surface area contributed by atoms with Crippen molar-refractivity contribution in [2.24, 2.45) is 5.73 Å². The molecule has 0 aliphatic rings. The van der Waals surface area contributed by atoms with Gasteiger partial charge in [0.25, 0.3) is 0 Å². The third-order valence-corrected chi connectivity index (χ3v) is 4.21. The summed E-state index contributed by atoms with van der Waals surface area (Å²) in [5.41, 5.74) is 3.92. The number of hydrogen-bond donors (Lipinski definition) is 1. The first kappa shape index (κ1) is 17.7. The topological polar surface area (TPSA) is 43.1 Å². The molecular formula is C17H15BrF3NO. The fraction of sp³-hybridized carbons (Fsp3) is 0.235. The molecule has 2 aromatic carbocycles. The highest BCUT2D eigenvalue weighted by Crippen LogP contribution is 2.40. The summed E-state index contributed by atoms with van der Waals surface area (Å²) in [4.78, 5) is 12.3. The van der Waals surface area contributed by atoms with Crippen LogP contribution in [-0.4, -0.2) is 12.0 Å². The maximum absolute atomic E-state index is 13.5. The molecule has 0 spiro atoms. The lowest BCUT2D eigenvalue weighted by Gasteiger charge is -2.32. The predicted octanol–water partition coefficient (Wildman–Crippen LogP) is 4.75. The lowest BCUT2D eigenvalue weighted by molar-refractivity contribution is -0.188. The molecule has 23 heavy (non-hydrogen) atoms. The van der Waals surface area contributed by atoms with Crippen LogP contribution in [0.2, 0.25) is 0 Å². The van der Waals surface area contributed by atoms with Gasteiger partial charge in [0.2, 0.25) is 0 Å². The van der Waals surface area contributed by atoms with E-state index in [1.54, 1.807) is 12.1 Å². The Kier molecular flexibility index (Phi) is 4.96. The van der Waals surface area contributed by atoms with Crippen LogP contribution in [0.5, 0.6) is 0 Å². The summed E-state index contributed by atoms with van der Waals surface area (Å²) in [6, 6.07) is 11.9. The number of carbonyl (C=O) groups excluding carboxylic acids is 1. The Bertz CT molecular complexity index is 695. The number of alkyl halides is 3. The number of halogens is 4. The zero-order chi connectivity index (χ0) is 17.3. The van der Waals surface area contributed by atoms with Crippen molar-refractivity contribution in [2.45, 2.75) is 25.1 Å². The number of carbonyl (C=O) groups is 1. The smallest absolute Gasteiger partial charge is 0.314 e. The van der Waals surface area contributed by atoms with Crippen molar-refractivity contribution in [3.8, 4) is 0 Å². The van der Waals surface area contributed by atoms with E-state index < -0.39 is 23.9 Å². The van der Waals surface area contributed by atoms with E-state index in [1.165, 1.54) is 36.4 Å². The molecule has 1 atom stereocenters. The zero-order valence-electron chi connectivity index (χ0n) is 12.3. The van der Waals surface area contributed by atoms with Crippen LogP contribution in [0, 0.1) is 6.92 Å². The standard InChI is InChI=1S/C17H15BrF3NO/c1-11-2-4-12(5-3-11)15(23)10-16(22,17(19,20)21)13-6-8-14(18)9-7-13/h2-9H,10,22H2,1H3. The van der Waals surface area contributed by atoms with Gasteiger partial charge in [0.1, 0.15) is 5.54 Å². The summed E-state index contributed by atoms with van der Waals surface area (Å²) < 4.78 is 41.3. The molecule has 1 unspecified atom stereocenters. The van der Waals surface area contributed by atoms with Gasteiger partial charge in [0.05, 0.1) is 0 Å². The molecule has 0 bridgehead atoms. The molecule has 2 aromatic rings. The third kappa shape index (κ3) is 3.82. The molecule has 0 aromatic heterocycles. The van der Waals surface area contributed by atoms with E-state index in [-0.39, 0.29) is 11.1 Å². The Morgan fingerprint density at radius 1 is 1.04 bits per heavy atom. The fourth-order valence-electron chi connectivity index (χ4n) is 2.21. The lowest BCUT2D eigenvalue weighted by Crippen LogP contribution is -2.51. The molecule has 2 rings (SSSR count). The van der Waals surface area contributed by atoms with Gasteiger partial charge in [-0.1, -0.05) is 57.9 Å². The van der Waals surface area contributed by atoms with Crippen LogP contribution in [0.4, 0.5) is 13.2 Å². The highest BCUT2D eigenvalue weighted by atomic mass is 79.9. The van der Waals surface area contributed by atoms with E-state index in [0.717, 1.165) is 5.56 Å². The molecule has 2 nitrogen and oxygen atoms in total. The van der Waals surface area contributed by atoms with Crippen molar-refractivity contribution < 1.29 is 18.0 Å². The van der Waals surface area contributed by atoms with Crippen molar-refractivity contribution >= 4 is 21.7 Å². The van der Waals surface area contributed by atoms with Gasteiger partial charge in [-0.15, -0.1) is 0 Å². The van der Waals surface area contributed by atoms with Crippen molar-refractivity contribution in [3.05, 3.63) is 69.7 Å². The quantitative estimate of drug-likeness (QED) is 0.771. The second kappa shape index (κ2) is 6.45. The molecule has 0 aliphatic carbocycles. The van der Waals surface area contributed by atoms with Gasteiger partial charge < -0.3 is 5.73 Å². The predicted molar refractivity (Wildman–Crippen MR) is 86.2 cm³/mol. The molecule has 0 aliphatic heterocycles. The van der Waals surface area contributed by atoms with Crippen molar-refractivity contribution in [2.75, 3.05) is 0 Å². The highest BCUT2D eigenvalue weighted by molar-refractivity contribution is 9.10. The van der Waals surface area contributed by atoms with Gasteiger partial charge in [-0.2, -0.15) is 13.2 Å². The number of nitrogens with two attached hydrogens (primary N) is 1. The summed E-state index contributed by atoms with van der Waals surface area (Å²) in [7, 11) is 0. The maximum Gasteiger partial charge on any atom is 0.411 e. The highest BCUT2D eigenvalue weighted by Gasteiger charge is 2.54. The van der Waals surface area contributed by atoms with Gasteiger partial charge in [-0.25, -0.2) is 0 Å². The van der Waals surface area contributed by atoms with E-state index in [9.17, 15) is 18.0 Å². The van der Waals surface area contributed by atoms with Crippen LogP contribution in [0.15, 0.2) is 53.0 Å². The van der Waals surface area contributed by atoms with E-state index in [4.69, 9.17) is 5.73 Å². The lowest BCUT2D eigenvalue weighted by atomic mass is 9.84. The van der Waals surface area contributed by atoms with Gasteiger partial charge in [-0.3, -0.25) is 4.79 Å². The SMILES string of the molecule is Cc1ccc(C(=O)CC(N)(c2ccc(Br)cc2)C(F)(F)F)cc1. The van der Waals surface area contributed by atoms with Crippen LogP contribution >= 0.6 is 15.9 Å². The summed E-state index contributed by atoms with van der Waals surface area (Å²) in [6.07, 6.45) is -5.59. The Labute approximate surface area is 140 Å². The number of Topliss-reactive ketones (excluding diaryl/α,β-unsaturated/α-hetero) is 1. The van der Waals surface area contributed by atoms with Crippen LogP contribution in [-0.2, 0) is 5.54 Å². The molecule has 0 saturated heterocycles. The molecule has 0 fully saturated rings. The number of aryl methyl sites for hydroxylation is 1. The van der Waals surface area contributed by atoms with E-state index in [0.29, 0.717) is 4.47 Å². The Morgan fingerprint density at radius 3 is 2.04 bits per heavy atom. The summed E-state index contributed by atoms with van der Waals surface area (Å²) >= 11 is 3.17. The van der Waals surface area contributed by atoms with Crippen LogP contribution < -0.4 is 5.73 Å². The monoisotopic (exact) mass is 385 g/mol. The average Bonchev–Trinajstić information content (AvgIpc) is 2.47. The minimum atomic E-state index is -4.75. The van der Waals surface area contributed by atoms with Crippen LogP contribution in [0.25, 0.3) is 0 Å². The minimum absolute atomic E-state index is 0.145. The molecule has 0 saturated carbocycles. The van der Waals surface area contributed by atoms with Gasteiger partial charge in [-0.05, 0) is 24.6 Å². The van der Waals surface area contributed by atoms with Crippen LogP contribution in [0.1, 0.15) is 27.9 Å². The number of hydrogen-bond acceptors (Lipinski definition) is 2. The molecule has 0 heterocycles. The van der Waals surface area contributed by atoms with Crippen molar-refractivity contribution in [3.63, 3.8) is 0 Å². The van der Waals surface area contributed by atoms with Crippen molar-refractivity contribution in [1.82, 2.24) is 0 Å². The second-order valence-electron chi connectivity index (χ2n) is 5.44. The molecule has 0 amide bonds.